The van der Waals surface area contributed by atoms with Crippen LogP contribution in [-0.2, 0) is 40.3 Å². The van der Waals surface area contributed by atoms with Gasteiger partial charge in [-0.15, -0.1) is 0 Å². The van der Waals surface area contributed by atoms with Crippen LogP contribution in [0.5, 0.6) is 0 Å². The topological polar surface area (TPSA) is 117 Å². The lowest BCUT2D eigenvalue weighted by molar-refractivity contribution is -0.138. The predicted molar refractivity (Wildman–Crippen MR) is 201 cm³/mol. The number of aryl methyl sites for hydroxylation is 2. The second kappa shape index (κ2) is 16.7. The molecule has 2 fully saturated rings. The van der Waals surface area contributed by atoms with Crippen molar-refractivity contribution in [3.63, 3.8) is 0 Å². The number of rotatable bonds is 15. The van der Waals surface area contributed by atoms with E-state index in [4.69, 9.17) is 9.97 Å². The number of nitrogens with zero attached hydrogens (tertiary/aromatic N) is 6. The molecule has 2 aliphatic heterocycles. The van der Waals surface area contributed by atoms with E-state index in [9.17, 15) is 23.2 Å². The average Bonchev–Trinajstić information content (AvgIpc) is 3.90. The average molecular weight is 733 g/mol. The summed E-state index contributed by atoms with van der Waals surface area (Å²) in [5.41, 5.74) is 2.80. The second-order valence-corrected chi connectivity index (χ2v) is 15.5. The molecule has 286 valence electrons. The van der Waals surface area contributed by atoms with Gasteiger partial charge in [0.15, 0.2) is 0 Å². The van der Waals surface area contributed by atoms with Crippen LogP contribution in [0.2, 0.25) is 0 Å². The Balaban J connectivity index is 1.22. The lowest BCUT2D eigenvalue weighted by atomic mass is 10.0. The Morgan fingerprint density at radius 1 is 0.811 bits per heavy atom. The van der Waals surface area contributed by atoms with Crippen LogP contribution in [0.1, 0.15) is 77.9 Å². The highest BCUT2D eigenvalue weighted by Gasteiger charge is 2.36. The summed E-state index contributed by atoms with van der Waals surface area (Å²) < 4.78 is 33.0. The first-order chi connectivity index (χ1) is 25.4. The van der Waals surface area contributed by atoms with Crippen LogP contribution in [0.3, 0.4) is 0 Å². The van der Waals surface area contributed by atoms with Gasteiger partial charge in [-0.2, -0.15) is 0 Å². The standard InChI is InChI=1S/C40H54F2N8O3/c1-25(2)19-38(52)47-17-7-9-29(47)23-49-33-15-13-27(41)20-31(33)44-35(49)11-6-12-36-45-32-21-28(42)14-16-34(32)50(36)24-30-10-8-18-48(30)40(53)39(26(3)4)46-37(51)22-43-5/h13-16,20-21,25-26,29-30,39,43H,6-12,17-19,22-24H2,1-5H3,(H,46,51)/t29-,30-,39?/m0/s1. The number of carbonyl (C=O) groups excluding carboxylic acids is 3. The third kappa shape index (κ3) is 8.71. The molecule has 4 aromatic rings. The zero-order chi connectivity index (χ0) is 37.8. The van der Waals surface area contributed by atoms with Gasteiger partial charge < -0.3 is 29.6 Å². The number of nitrogens with one attached hydrogen (secondary N) is 2. The monoisotopic (exact) mass is 732 g/mol. The van der Waals surface area contributed by atoms with Crippen molar-refractivity contribution in [2.24, 2.45) is 11.8 Å². The quantitative estimate of drug-likeness (QED) is 0.173. The minimum absolute atomic E-state index is 0.0468. The Morgan fingerprint density at radius 2 is 1.34 bits per heavy atom. The molecule has 2 aliphatic rings. The maximum atomic E-state index is 14.4. The van der Waals surface area contributed by atoms with E-state index in [1.165, 1.54) is 24.3 Å². The molecule has 2 saturated heterocycles. The summed E-state index contributed by atoms with van der Waals surface area (Å²) in [6.07, 6.45) is 5.88. The summed E-state index contributed by atoms with van der Waals surface area (Å²) in [7, 11) is 1.69. The smallest absolute Gasteiger partial charge is 0.245 e. The van der Waals surface area contributed by atoms with E-state index >= 15 is 0 Å². The normalized spacial score (nSPS) is 18.3. The molecule has 4 heterocycles. The molecule has 1 unspecified atom stereocenters. The number of benzene rings is 2. The highest BCUT2D eigenvalue weighted by molar-refractivity contribution is 5.89. The van der Waals surface area contributed by atoms with E-state index < -0.39 is 6.04 Å². The van der Waals surface area contributed by atoms with Crippen LogP contribution in [0.15, 0.2) is 36.4 Å². The summed E-state index contributed by atoms with van der Waals surface area (Å²) in [6, 6.07) is 8.62. The number of carbonyl (C=O) groups is 3. The number of hydrogen-bond acceptors (Lipinski definition) is 6. The molecule has 13 heteroatoms. The Kier molecular flexibility index (Phi) is 12.1. The van der Waals surface area contributed by atoms with Gasteiger partial charge in [-0.25, -0.2) is 18.7 Å². The van der Waals surface area contributed by atoms with Crippen LogP contribution in [0, 0.1) is 23.5 Å². The molecule has 53 heavy (non-hydrogen) atoms. The van der Waals surface area contributed by atoms with E-state index in [1.54, 1.807) is 19.2 Å². The van der Waals surface area contributed by atoms with Crippen LogP contribution >= 0.6 is 0 Å². The molecular formula is C40H54F2N8O3. The molecule has 2 aromatic carbocycles. The number of aromatic nitrogens is 4. The molecule has 2 N–H and O–H groups in total. The summed E-state index contributed by atoms with van der Waals surface area (Å²) in [5, 5.41) is 5.76. The van der Waals surface area contributed by atoms with Gasteiger partial charge in [0.1, 0.15) is 29.3 Å². The maximum Gasteiger partial charge on any atom is 0.245 e. The van der Waals surface area contributed by atoms with Gasteiger partial charge in [-0.05, 0) is 75.3 Å². The highest BCUT2D eigenvalue weighted by atomic mass is 19.1. The summed E-state index contributed by atoms with van der Waals surface area (Å²) in [5.74, 6) is 0.969. The SMILES string of the molecule is CNCC(=O)NC(C(=O)N1CCC[C@H]1Cn1c(CCCc2nc3cc(F)ccc3n2C[C@@H]2CCCN2C(=O)CC(C)C)nc2cc(F)ccc21)C(C)C. The number of hydrogen-bond donors (Lipinski definition) is 2. The largest absolute Gasteiger partial charge is 0.343 e. The lowest BCUT2D eigenvalue weighted by Crippen LogP contribution is -2.54. The first kappa shape index (κ1) is 38.3. The van der Waals surface area contributed by atoms with Crippen molar-refractivity contribution in [3.8, 4) is 0 Å². The minimum atomic E-state index is -0.637. The first-order valence-electron chi connectivity index (χ1n) is 19.3. The number of likely N-dealkylation sites (tertiary alicyclic amines) is 2. The van der Waals surface area contributed by atoms with Crippen molar-refractivity contribution in [2.75, 3.05) is 26.7 Å². The van der Waals surface area contributed by atoms with Crippen LogP contribution in [-0.4, -0.2) is 91.4 Å². The molecule has 0 bridgehead atoms. The van der Waals surface area contributed by atoms with Crippen LogP contribution in [0.25, 0.3) is 22.1 Å². The van der Waals surface area contributed by atoms with Gasteiger partial charge in [0.05, 0.1) is 28.6 Å². The van der Waals surface area contributed by atoms with E-state index in [2.05, 4.69) is 33.6 Å². The fraction of sp³-hybridized carbons (Fsp3) is 0.575. The lowest BCUT2D eigenvalue weighted by Gasteiger charge is -2.31. The van der Waals surface area contributed by atoms with Gasteiger partial charge in [0, 0.05) is 69.7 Å². The molecule has 0 radical (unpaired) electrons. The molecule has 6 rings (SSSR count). The molecule has 3 atom stereocenters. The molecule has 0 spiro atoms. The Hall–Kier alpha value is -4.39. The van der Waals surface area contributed by atoms with Crippen LogP contribution < -0.4 is 10.6 Å². The summed E-state index contributed by atoms with van der Waals surface area (Å²) in [6.45, 7) is 10.6. The molecular weight excluding hydrogens is 678 g/mol. The predicted octanol–water partition coefficient (Wildman–Crippen LogP) is 5.23. The fourth-order valence-electron chi connectivity index (χ4n) is 8.13. The van der Waals surface area contributed by atoms with Gasteiger partial charge in [-0.1, -0.05) is 27.7 Å². The first-order valence-corrected chi connectivity index (χ1v) is 19.3. The molecule has 11 nitrogen and oxygen atoms in total. The zero-order valence-electron chi connectivity index (χ0n) is 31.7. The molecule has 3 amide bonds. The highest BCUT2D eigenvalue weighted by Crippen LogP contribution is 2.28. The Bertz CT molecular complexity index is 1940. The van der Waals surface area contributed by atoms with Crippen molar-refractivity contribution in [1.82, 2.24) is 39.5 Å². The molecule has 2 aromatic heterocycles. The molecule has 0 aliphatic carbocycles. The number of halogens is 2. The van der Waals surface area contributed by atoms with Crippen LogP contribution in [0.4, 0.5) is 8.78 Å². The zero-order valence-corrected chi connectivity index (χ0v) is 31.7. The van der Waals surface area contributed by atoms with Gasteiger partial charge >= 0.3 is 0 Å². The number of imidazole rings is 2. The minimum Gasteiger partial charge on any atom is -0.343 e. The third-order valence-electron chi connectivity index (χ3n) is 10.7. The van der Waals surface area contributed by atoms with Gasteiger partial charge in [-0.3, -0.25) is 14.4 Å². The number of fused-ring (bicyclic) bond motifs is 2. The van der Waals surface area contributed by atoms with Crippen molar-refractivity contribution in [2.45, 2.75) is 110 Å². The number of likely N-dealkylation sites (N-methyl/N-ethyl adjacent to an activating group) is 1. The van der Waals surface area contributed by atoms with E-state index in [0.29, 0.717) is 56.4 Å². The second-order valence-electron chi connectivity index (χ2n) is 15.5. The van der Waals surface area contributed by atoms with E-state index in [1.807, 2.05) is 23.6 Å². The van der Waals surface area contributed by atoms with Crippen molar-refractivity contribution in [3.05, 3.63) is 59.7 Å². The summed E-state index contributed by atoms with van der Waals surface area (Å²) >= 11 is 0. The Morgan fingerprint density at radius 3 is 1.85 bits per heavy atom. The molecule has 0 saturated carbocycles. The van der Waals surface area contributed by atoms with Gasteiger partial charge in [0.25, 0.3) is 0 Å². The Labute approximate surface area is 310 Å². The maximum absolute atomic E-state index is 14.4. The fourth-order valence-corrected chi connectivity index (χ4v) is 8.13. The van der Waals surface area contributed by atoms with Gasteiger partial charge in [0.2, 0.25) is 17.7 Å². The van der Waals surface area contributed by atoms with E-state index in [-0.39, 0.29) is 59.8 Å². The summed E-state index contributed by atoms with van der Waals surface area (Å²) in [4.78, 5) is 53.2. The third-order valence-corrected chi connectivity index (χ3v) is 10.7. The van der Waals surface area contributed by atoms with Crippen molar-refractivity contribution >= 4 is 39.8 Å². The van der Waals surface area contributed by atoms with E-state index in [0.717, 1.165) is 54.9 Å². The van der Waals surface area contributed by atoms with Crippen molar-refractivity contribution in [1.29, 1.82) is 0 Å². The van der Waals surface area contributed by atoms with Crippen molar-refractivity contribution < 1.29 is 23.2 Å². The number of amides is 3.